The molecule has 91 valence electrons. The molecule has 3 fully saturated rings. The molecule has 0 N–H and O–H groups in total. The molecule has 3 saturated carbocycles. The lowest BCUT2D eigenvalue weighted by molar-refractivity contribution is 0.238. The highest BCUT2D eigenvalue weighted by Gasteiger charge is 2.38. The molecule has 0 heterocycles. The Morgan fingerprint density at radius 1 is 0.625 bits per heavy atom. The number of hydrogen-bond acceptors (Lipinski definition) is 0. The molecule has 0 saturated heterocycles. The monoisotopic (exact) mass is 219 g/mol. The first-order valence-corrected chi connectivity index (χ1v) is 7.81. The lowest BCUT2D eigenvalue weighted by atomic mass is 9.66. The summed E-state index contributed by atoms with van der Waals surface area (Å²) in [4.78, 5) is 0. The number of hydrogen-bond donors (Lipinski definition) is 0. The first-order chi connectivity index (χ1) is 7.95. The molecule has 1 radical (unpaired) electrons. The Labute approximate surface area is 101 Å². The van der Waals surface area contributed by atoms with E-state index in [-0.39, 0.29) is 0 Å². The van der Waals surface area contributed by atoms with Gasteiger partial charge in [-0.1, -0.05) is 51.4 Å². The Balaban J connectivity index is 1.67. The minimum absolute atomic E-state index is 1.06. The normalized spacial score (nSPS) is 34.9. The fourth-order valence-corrected chi connectivity index (χ4v) is 4.77. The van der Waals surface area contributed by atoms with Crippen molar-refractivity contribution in [3.63, 3.8) is 0 Å². The Kier molecular flexibility index (Phi) is 3.54. The molecule has 0 amide bonds. The van der Waals surface area contributed by atoms with Crippen LogP contribution in [0, 0.1) is 23.7 Å². The summed E-state index contributed by atoms with van der Waals surface area (Å²) in [5.41, 5.74) is 0. The minimum Gasteiger partial charge on any atom is -0.0530 e. The van der Waals surface area contributed by atoms with Crippen molar-refractivity contribution in [2.45, 2.75) is 77.0 Å². The summed E-state index contributed by atoms with van der Waals surface area (Å²) < 4.78 is 0. The molecule has 16 heavy (non-hydrogen) atoms. The average Bonchev–Trinajstić information content (AvgIpc) is 3.03. The summed E-state index contributed by atoms with van der Waals surface area (Å²) in [6.07, 6.45) is 18.4. The lowest BCUT2D eigenvalue weighted by Gasteiger charge is -2.38. The molecule has 0 spiro atoms. The number of rotatable bonds is 2. The Hall–Kier alpha value is 0. The highest BCUT2D eigenvalue weighted by atomic mass is 14.4. The molecule has 0 aromatic heterocycles. The summed E-state index contributed by atoms with van der Waals surface area (Å²) >= 11 is 0. The van der Waals surface area contributed by atoms with Crippen LogP contribution in [0.1, 0.15) is 77.0 Å². The van der Waals surface area contributed by atoms with Crippen molar-refractivity contribution >= 4 is 0 Å². The van der Waals surface area contributed by atoms with Gasteiger partial charge >= 0.3 is 0 Å². The fourth-order valence-electron chi connectivity index (χ4n) is 4.77. The van der Waals surface area contributed by atoms with E-state index in [4.69, 9.17) is 0 Å². The van der Waals surface area contributed by atoms with Gasteiger partial charge in [0.15, 0.2) is 0 Å². The van der Waals surface area contributed by atoms with Gasteiger partial charge in [0.1, 0.15) is 0 Å². The van der Waals surface area contributed by atoms with E-state index in [1.165, 1.54) is 44.9 Å². The SMILES string of the molecule is C1CCC(C2CCCC2)[C](C2CCCC2)C1. The van der Waals surface area contributed by atoms with Crippen LogP contribution < -0.4 is 0 Å². The van der Waals surface area contributed by atoms with E-state index in [0.717, 1.165) is 17.8 Å². The van der Waals surface area contributed by atoms with Gasteiger partial charge in [0, 0.05) is 0 Å². The highest BCUT2D eigenvalue weighted by molar-refractivity contribution is 5.07. The van der Waals surface area contributed by atoms with Gasteiger partial charge in [-0.3, -0.25) is 0 Å². The van der Waals surface area contributed by atoms with Crippen LogP contribution in [-0.2, 0) is 0 Å². The molecular formula is C16H27. The Morgan fingerprint density at radius 3 is 2.00 bits per heavy atom. The van der Waals surface area contributed by atoms with Crippen LogP contribution in [0.25, 0.3) is 0 Å². The molecule has 0 bridgehead atoms. The van der Waals surface area contributed by atoms with E-state index in [1.54, 1.807) is 32.1 Å². The molecule has 0 nitrogen and oxygen atoms in total. The Morgan fingerprint density at radius 2 is 1.25 bits per heavy atom. The molecule has 1 unspecified atom stereocenters. The molecular weight excluding hydrogens is 192 g/mol. The fraction of sp³-hybridized carbons (Fsp3) is 0.938. The maximum absolute atomic E-state index is 2.05. The van der Waals surface area contributed by atoms with Crippen LogP contribution >= 0.6 is 0 Å². The van der Waals surface area contributed by atoms with Gasteiger partial charge in [0.2, 0.25) is 0 Å². The van der Waals surface area contributed by atoms with Crippen LogP contribution in [0.3, 0.4) is 0 Å². The summed E-state index contributed by atoms with van der Waals surface area (Å²) in [6, 6.07) is 0. The Bertz CT molecular complexity index is 184. The van der Waals surface area contributed by atoms with Gasteiger partial charge in [-0.2, -0.15) is 0 Å². The predicted molar refractivity (Wildman–Crippen MR) is 69.1 cm³/mol. The van der Waals surface area contributed by atoms with E-state index in [0.29, 0.717) is 0 Å². The van der Waals surface area contributed by atoms with Crippen LogP contribution in [-0.4, -0.2) is 0 Å². The van der Waals surface area contributed by atoms with E-state index in [9.17, 15) is 0 Å². The summed E-state index contributed by atoms with van der Waals surface area (Å²) in [5.74, 6) is 5.29. The molecule has 0 aromatic rings. The topological polar surface area (TPSA) is 0 Å². The standard InChI is InChI=1S/C16H27/c1-2-8-13(7-1)15-11-5-6-12-16(15)14-9-3-4-10-14/h13-15H,1-12H2. The first kappa shape index (κ1) is 11.1. The summed E-state index contributed by atoms with van der Waals surface area (Å²) in [5, 5.41) is 0. The molecule has 3 aliphatic rings. The second-order valence-electron chi connectivity index (χ2n) is 6.45. The van der Waals surface area contributed by atoms with Crippen molar-refractivity contribution in [1.29, 1.82) is 0 Å². The quantitative estimate of drug-likeness (QED) is 0.604. The lowest BCUT2D eigenvalue weighted by Crippen LogP contribution is -2.28. The van der Waals surface area contributed by atoms with Crippen LogP contribution in [0.15, 0.2) is 0 Å². The maximum Gasteiger partial charge on any atom is -0.0176 e. The molecule has 0 aromatic carbocycles. The van der Waals surface area contributed by atoms with Crippen molar-refractivity contribution in [2.24, 2.45) is 17.8 Å². The third-order valence-corrected chi connectivity index (χ3v) is 5.56. The molecule has 0 heteroatoms. The third kappa shape index (κ3) is 2.17. The minimum atomic E-state index is 1.06. The zero-order valence-corrected chi connectivity index (χ0v) is 10.7. The first-order valence-electron chi connectivity index (χ1n) is 7.81. The summed E-state index contributed by atoms with van der Waals surface area (Å²) in [6.45, 7) is 0. The van der Waals surface area contributed by atoms with Gasteiger partial charge in [-0.15, -0.1) is 0 Å². The second kappa shape index (κ2) is 5.10. The van der Waals surface area contributed by atoms with Crippen LogP contribution in [0.2, 0.25) is 0 Å². The molecule has 3 rings (SSSR count). The van der Waals surface area contributed by atoms with E-state index >= 15 is 0 Å². The third-order valence-electron chi connectivity index (χ3n) is 5.56. The zero-order valence-electron chi connectivity index (χ0n) is 10.7. The van der Waals surface area contributed by atoms with Crippen LogP contribution in [0.4, 0.5) is 0 Å². The van der Waals surface area contributed by atoms with Gasteiger partial charge in [0.25, 0.3) is 0 Å². The van der Waals surface area contributed by atoms with E-state index < -0.39 is 0 Å². The molecule has 0 aliphatic heterocycles. The molecule has 3 aliphatic carbocycles. The van der Waals surface area contributed by atoms with E-state index in [2.05, 4.69) is 5.92 Å². The van der Waals surface area contributed by atoms with Crippen molar-refractivity contribution in [2.75, 3.05) is 0 Å². The van der Waals surface area contributed by atoms with Gasteiger partial charge < -0.3 is 0 Å². The van der Waals surface area contributed by atoms with Crippen molar-refractivity contribution < 1.29 is 0 Å². The van der Waals surface area contributed by atoms with Gasteiger partial charge in [-0.05, 0) is 49.4 Å². The van der Waals surface area contributed by atoms with Gasteiger partial charge in [-0.25, -0.2) is 0 Å². The predicted octanol–water partition coefficient (Wildman–Crippen LogP) is 5.13. The van der Waals surface area contributed by atoms with Crippen LogP contribution in [0.5, 0.6) is 0 Å². The molecule has 1 atom stereocenters. The van der Waals surface area contributed by atoms with Crippen molar-refractivity contribution in [1.82, 2.24) is 0 Å². The summed E-state index contributed by atoms with van der Waals surface area (Å²) in [7, 11) is 0. The zero-order chi connectivity index (χ0) is 10.8. The van der Waals surface area contributed by atoms with Gasteiger partial charge in [0.05, 0.1) is 0 Å². The average molecular weight is 219 g/mol. The smallest absolute Gasteiger partial charge is 0.0176 e. The van der Waals surface area contributed by atoms with E-state index in [1.807, 2.05) is 0 Å². The largest absolute Gasteiger partial charge is 0.0530 e. The van der Waals surface area contributed by atoms with Crippen molar-refractivity contribution in [3.8, 4) is 0 Å². The maximum atomic E-state index is 2.05. The highest BCUT2D eigenvalue weighted by Crippen LogP contribution is 2.49. The van der Waals surface area contributed by atoms with Crippen molar-refractivity contribution in [3.05, 3.63) is 5.92 Å². The second-order valence-corrected chi connectivity index (χ2v) is 6.45.